The number of hydrogen-bond donors (Lipinski definition) is 1. The molecule has 0 saturated carbocycles. The van der Waals surface area contributed by atoms with Gasteiger partial charge in [-0.15, -0.1) is 0 Å². The average Bonchev–Trinajstić information content (AvgIpc) is 2.85. The molecule has 0 aliphatic rings. The van der Waals surface area contributed by atoms with E-state index < -0.39 is 18.5 Å². The maximum Gasteiger partial charge on any atom is 0.331 e. The van der Waals surface area contributed by atoms with E-state index in [1.54, 1.807) is 36.4 Å². The minimum atomic E-state index is -0.663. The van der Waals surface area contributed by atoms with E-state index in [1.165, 1.54) is 27.4 Å². The molecule has 0 spiro atoms. The van der Waals surface area contributed by atoms with E-state index in [4.69, 9.17) is 28.4 Å². The summed E-state index contributed by atoms with van der Waals surface area (Å²) in [4.78, 5) is 24.3. The lowest BCUT2D eigenvalue weighted by atomic mass is 10.2. The van der Waals surface area contributed by atoms with Gasteiger partial charge in [-0.3, -0.25) is 4.79 Å². The van der Waals surface area contributed by atoms with Crippen LogP contribution in [0.15, 0.2) is 36.4 Å². The van der Waals surface area contributed by atoms with Gasteiger partial charge in [0.05, 0.1) is 34.5 Å². The number of ether oxygens (including phenoxy) is 6. The first kappa shape index (κ1) is 26.4. The molecule has 184 valence electrons. The molecular weight excluding hydrogens is 442 g/mol. The fraction of sp³-hybridized carbons (Fsp3) is 0.360. The van der Waals surface area contributed by atoms with Crippen LogP contribution in [-0.4, -0.2) is 53.0 Å². The van der Waals surface area contributed by atoms with Gasteiger partial charge in [-0.25, -0.2) is 4.79 Å². The van der Waals surface area contributed by atoms with Crippen molar-refractivity contribution in [1.29, 1.82) is 0 Å². The third-order valence-electron chi connectivity index (χ3n) is 4.44. The second-order valence-corrected chi connectivity index (χ2v) is 6.89. The zero-order chi connectivity index (χ0) is 24.9. The first-order chi connectivity index (χ1) is 16.4. The lowest BCUT2D eigenvalue weighted by molar-refractivity contribution is -0.142. The lowest BCUT2D eigenvalue weighted by Crippen LogP contribution is -2.20. The van der Waals surface area contributed by atoms with Crippen molar-refractivity contribution in [2.45, 2.75) is 20.3 Å². The summed E-state index contributed by atoms with van der Waals surface area (Å²) in [5, 5.41) is 2.63. The Hall–Kier alpha value is -3.88. The van der Waals surface area contributed by atoms with Gasteiger partial charge in [0.2, 0.25) is 5.75 Å². The number of esters is 1. The molecule has 0 unspecified atom stereocenters. The maximum atomic E-state index is 12.2. The number of amides is 1. The Kier molecular flexibility index (Phi) is 10.6. The molecular formula is C25H31NO8. The largest absolute Gasteiger partial charge is 0.493 e. The topological polar surface area (TPSA) is 102 Å². The zero-order valence-electron chi connectivity index (χ0n) is 20.1. The van der Waals surface area contributed by atoms with Crippen molar-refractivity contribution >= 4 is 23.6 Å². The van der Waals surface area contributed by atoms with E-state index >= 15 is 0 Å². The van der Waals surface area contributed by atoms with E-state index in [9.17, 15) is 9.59 Å². The quantitative estimate of drug-likeness (QED) is 0.343. The Balaban J connectivity index is 1.96. The van der Waals surface area contributed by atoms with Gasteiger partial charge in [0, 0.05) is 23.9 Å². The van der Waals surface area contributed by atoms with Gasteiger partial charge in [-0.1, -0.05) is 13.0 Å². The molecule has 34 heavy (non-hydrogen) atoms. The zero-order valence-corrected chi connectivity index (χ0v) is 20.1. The minimum absolute atomic E-state index is 0.384. The number of anilines is 1. The van der Waals surface area contributed by atoms with Crippen molar-refractivity contribution < 1.29 is 38.0 Å². The molecule has 1 amide bonds. The molecule has 0 radical (unpaired) electrons. The van der Waals surface area contributed by atoms with Crippen molar-refractivity contribution in [2.75, 3.05) is 46.5 Å². The number of nitrogens with one attached hydrogen (secondary N) is 1. The van der Waals surface area contributed by atoms with Gasteiger partial charge in [0.1, 0.15) is 0 Å². The number of rotatable bonds is 13. The predicted molar refractivity (Wildman–Crippen MR) is 128 cm³/mol. The Morgan fingerprint density at radius 1 is 0.882 bits per heavy atom. The molecule has 0 aliphatic carbocycles. The van der Waals surface area contributed by atoms with E-state index in [1.807, 2.05) is 13.8 Å². The van der Waals surface area contributed by atoms with Crippen molar-refractivity contribution in [3.8, 4) is 28.7 Å². The van der Waals surface area contributed by atoms with Gasteiger partial charge in [-0.05, 0) is 37.1 Å². The van der Waals surface area contributed by atoms with Crippen LogP contribution in [0.25, 0.3) is 6.08 Å². The monoisotopic (exact) mass is 473 g/mol. The van der Waals surface area contributed by atoms with Crippen LogP contribution < -0.4 is 29.0 Å². The van der Waals surface area contributed by atoms with Gasteiger partial charge in [-0.2, -0.15) is 0 Å². The first-order valence-electron chi connectivity index (χ1n) is 10.8. The lowest BCUT2D eigenvalue weighted by Gasteiger charge is -2.14. The Morgan fingerprint density at radius 3 is 2.18 bits per heavy atom. The van der Waals surface area contributed by atoms with Crippen LogP contribution in [0.4, 0.5) is 5.69 Å². The van der Waals surface area contributed by atoms with Crippen LogP contribution >= 0.6 is 0 Å². The fourth-order valence-electron chi connectivity index (χ4n) is 2.93. The molecule has 0 aromatic heterocycles. The molecule has 2 aromatic carbocycles. The molecule has 0 bridgehead atoms. The summed E-state index contributed by atoms with van der Waals surface area (Å²) in [6.45, 7) is 4.51. The van der Waals surface area contributed by atoms with E-state index in [-0.39, 0.29) is 0 Å². The summed E-state index contributed by atoms with van der Waals surface area (Å²) in [5.74, 6) is 1.22. The third kappa shape index (κ3) is 7.61. The van der Waals surface area contributed by atoms with Gasteiger partial charge in [0.25, 0.3) is 5.91 Å². The second kappa shape index (κ2) is 13.6. The first-order valence-corrected chi connectivity index (χ1v) is 10.8. The number of methoxy groups -OCH3 is 3. The molecule has 0 heterocycles. The number of carbonyl (C=O) groups is 2. The summed E-state index contributed by atoms with van der Waals surface area (Å²) in [7, 11) is 4.43. The Labute approximate surface area is 199 Å². The normalized spacial score (nSPS) is 10.5. The SMILES string of the molecule is CCCOc1ccc(/C=C/C(=O)OCC(=O)Nc2cc(OC)c(OC)c(OC)c2)cc1OCC. The Bertz CT molecular complexity index is 977. The molecule has 0 fully saturated rings. The average molecular weight is 474 g/mol. The van der Waals surface area contributed by atoms with Crippen molar-refractivity contribution in [3.05, 3.63) is 42.0 Å². The van der Waals surface area contributed by atoms with Crippen LogP contribution in [0, 0.1) is 0 Å². The third-order valence-corrected chi connectivity index (χ3v) is 4.44. The number of benzene rings is 2. The molecule has 0 aliphatic heterocycles. The molecule has 1 N–H and O–H groups in total. The smallest absolute Gasteiger partial charge is 0.331 e. The van der Waals surface area contributed by atoms with E-state index in [0.717, 1.165) is 12.0 Å². The van der Waals surface area contributed by atoms with Crippen LogP contribution in [-0.2, 0) is 14.3 Å². The van der Waals surface area contributed by atoms with Gasteiger partial charge < -0.3 is 33.7 Å². The van der Waals surface area contributed by atoms with Gasteiger partial charge >= 0.3 is 5.97 Å². The summed E-state index contributed by atoms with van der Waals surface area (Å²) in [5.41, 5.74) is 1.13. The second-order valence-electron chi connectivity index (χ2n) is 6.89. The van der Waals surface area contributed by atoms with Crippen LogP contribution in [0.2, 0.25) is 0 Å². The van der Waals surface area contributed by atoms with Crippen molar-refractivity contribution in [1.82, 2.24) is 0 Å². The highest BCUT2D eigenvalue weighted by Gasteiger charge is 2.15. The fourth-order valence-corrected chi connectivity index (χ4v) is 2.93. The van der Waals surface area contributed by atoms with E-state index in [0.29, 0.717) is 47.6 Å². The highest BCUT2D eigenvalue weighted by atomic mass is 16.5. The summed E-state index contributed by atoms with van der Waals surface area (Å²) >= 11 is 0. The summed E-state index contributed by atoms with van der Waals surface area (Å²) in [6, 6.07) is 8.51. The van der Waals surface area contributed by atoms with Crippen LogP contribution in [0.5, 0.6) is 28.7 Å². The predicted octanol–water partition coefficient (Wildman–Crippen LogP) is 4.10. The van der Waals surface area contributed by atoms with Crippen LogP contribution in [0.1, 0.15) is 25.8 Å². The Morgan fingerprint density at radius 2 is 1.59 bits per heavy atom. The molecule has 2 rings (SSSR count). The van der Waals surface area contributed by atoms with E-state index in [2.05, 4.69) is 5.32 Å². The summed E-state index contributed by atoms with van der Waals surface area (Å²) < 4.78 is 32.1. The highest BCUT2D eigenvalue weighted by molar-refractivity contribution is 5.95. The van der Waals surface area contributed by atoms with Gasteiger partial charge in [0.15, 0.2) is 29.6 Å². The minimum Gasteiger partial charge on any atom is -0.493 e. The molecule has 9 nitrogen and oxygen atoms in total. The van der Waals surface area contributed by atoms with Crippen molar-refractivity contribution in [3.63, 3.8) is 0 Å². The van der Waals surface area contributed by atoms with Crippen LogP contribution in [0.3, 0.4) is 0 Å². The number of carbonyl (C=O) groups excluding carboxylic acids is 2. The molecule has 2 aromatic rings. The highest BCUT2D eigenvalue weighted by Crippen LogP contribution is 2.39. The molecule has 0 atom stereocenters. The number of hydrogen-bond acceptors (Lipinski definition) is 8. The maximum absolute atomic E-state index is 12.2. The molecule has 9 heteroatoms. The standard InChI is InChI=1S/C25H31NO8/c1-6-12-33-19-10-8-17(13-20(19)32-7-2)9-11-24(28)34-16-23(27)26-18-14-21(29-3)25(31-5)22(15-18)30-4/h8-11,13-15H,6-7,12,16H2,1-5H3,(H,26,27)/b11-9+. The summed E-state index contributed by atoms with van der Waals surface area (Å²) in [6.07, 6.45) is 3.70. The van der Waals surface area contributed by atoms with Crippen molar-refractivity contribution in [2.24, 2.45) is 0 Å². The molecule has 0 saturated heterocycles.